The summed E-state index contributed by atoms with van der Waals surface area (Å²) in [5, 5.41) is 4.92. The largest absolute Gasteiger partial charge is 0.308 e. The van der Waals surface area contributed by atoms with Crippen molar-refractivity contribution < 1.29 is 0 Å². The molecule has 0 aliphatic carbocycles. The predicted molar refractivity (Wildman–Crippen MR) is 61.4 cm³/mol. The van der Waals surface area contributed by atoms with Crippen LogP contribution >= 0.6 is 11.6 Å². The molecule has 6 nitrogen and oxygen atoms in total. The van der Waals surface area contributed by atoms with E-state index in [1.54, 1.807) is 10.7 Å². The lowest BCUT2D eigenvalue weighted by molar-refractivity contribution is 0.801. The summed E-state index contributed by atoms with van der Waals surface area (Å²) >= 11 is 6.05. The zero-order valence-corrected chi connectivity index (χ0v) is 9.65. The SMILES string of the molecule is Cc1nn(-c2cc(NN)ncn2)c(C)c1Cl. The van der Waals surface area contributed by atoms with Crippen LogP contribution in [0.5, 0.6) is 0 Å². The Kier molecular flexibility index (Phi) is 2.76. The van der Waals surface area contributed by atoms with Gasteiger partial charge in [-0.2, -0.15) is 5.10 Å². The van der Waals surface area contributed by atoms with Crippen molar-refractivity contribution in [2.75, 3.05) is 5.43 Å². The Bertz CT molecular complexity index is 521. The lowest BCUT2D eigenvalue weighted by Crippen LogP contribution is -2.10. The van der Waals surface area contributed by atoms with Gasteiger partial charge in [-0.15, -0.1) is 0 Å². The third-order valence-electron chi connectivity index (χ3n) is 2.22. The van der Waals surface area contributed by atoms with Crippen molar-refractivity contribution in [2.24, 2.45) is 5.84 Å². The number of aromatic nitrogens is 4. The highest BCUT2D eigenvalue weighted by Gasteiger charge is 2.11. The molecule has 7 heteroatoms. The van der Waals surface area contributed by atoms with Gasteiger partial charge in [0.15, 0.2) is 5.82 Å². The minimum absolute atomic E-state index is 0.522. The number of nitrogens with two attached hydrogens (primary N) is 1. The molecule has 2 aromatic heterocycles. The number of halogens is 1. The molecular formula is C9H11ClN6. The molecule has 3 N–H and O–H groups in total. The number of aryl methyl sites for hydroxylation is 1. The number of hydrogen-bond acceptors (Lipinski definition) is 5. The van der Waals surface area contributed by atoms with Gasteiger partial charge in [-0.25, -0.2) is 20.5 Å². The van der Waals surface area contributed by atoms with E-state index >= 15 is 0 Å². The second-order valence-corrected chi connectivity index (χ2v) is 3.68. The molecule has 2 rings (SSSR count). The van der Waals surface area contributed by atoms with Gasteiger partial charge in [0, 0.05) is 6.07 Å². The fourth-order valence-corrected chi connectivity index (χ4v) is 1.51. The number of nitrogens with zero attached hydrogens (tertiary/aromatic N) is 4. The maximum atomic E-state index is 6.05. The van der Waals surface area contributed by atoms with Gasteiger partial charge in [-0.1, -0.05) is 11.6 Å². The second-order valence-electron chi connectivity index (χ2n) is 3.30. The first-order valence-corrected chi connectivity index (χ1v) is 5.02. The summed E-state index contributed by atoms with van der Waals surface area (Å²) < 4.78 is 1.65. The fourth-order valence-electron chi connectivity index (χ4n) is 1.39. The van der Waals surface area contributed by atoms with Crippen LogP contribution in [0.25, 0.3) is 5.82 Å². The van der Waals surface area contributed by atoms with E-state index in [1.807, 2.05) is 13.8 Å². The minimum Gasteiger partial charge on any atom is -0.308 e. The number of hydrogen-bond donors (Lipinski definition) is 2. The van der Waals surface area contributed by atoms with Crippen molar-refractivity contribution in [1.29, 1.82) is 0 Å². The summed E-state index contributed by atoms with van der Waals surface area (Å²) in [5.41, 5.74) is 4.05. The van der Waals surface area contributed by atoms with Crippen LogP contribution in [0.4, 0.5) is 5.82 Å². The summed E-state index contributed by atoms with van der Waals surface area (Å²) in [6.45, 7) is 3.72. The summed E-state index contributed by atoms with van der Waals surface area (Å²) in [6, 6.07) is 1.69. The van der Waals surface area contributed by atoms with Crippen molar-refractivity contribution >= 4 is 17.4 Å². The van der Waals surface area contributed by atoms with Crippen molar-refractivity contribution in [2.45, 2.75) is 13.8 Å². The van der Waals surface area contributed by atoms with E-state index in [9.17, 15) is 0 Å². The van der Waals surface area contributed by atoms with E-state index in [0.29, 0.717) is 16.7 Å². The van der Waals surface area contributed by atoms with Crippen molar-refractivity contribution in [3.05, 3.63) is 28.8 Å². The molecule has 0 saturated carbocycles. The van der Waals surface area contributed by atoms with Gasteiger partial charge in [-0.05, 0) is 13.8 Å². The second kappa shape index (κ2) is 4.07. The van der Waals surface area contributed by atoms with Crippen LogP contribution in [0, 0.1) is 13.8 Å². The summed E-state index contributed by atoms with van der Waals surface area (Å²) in [6.07, 6.45) is 1.41. The first kappa shape index (κ1) is 10.8. The number of nitrogen functional groups attached to an aromatic ring is 1. The maximum absolute atomic E-state index is 6.05. The first-order valence-electron chi connectivity index (χ1n) is 4.64. The molecule has 0 amide bonds. The monoisotopic (exact) mass is 238 g/mol. The first-order chi connectivity index (χ1) is 7.63. The van der Waals surface area contributed by atoms with Crippen molar-refractivity contribution in [3.63, 3.8) is 0 Å². The topological polar surface area (TPSA) is 81.7 Å². The van der Waals surface area contributed by atoms with E-state index in [0.717, 1.165) is 11.4 Å². The van der Waals surface area contributed by atoms with Gasteiger partial charge in [0.25, 0.3) is 0 Å². The molecule has 0 fully saturated rings. The Morgan fingerprint density at radius 2 is 2.12 bits per heavy atom. The summed E-state index contributed by atoms with van der Waals surface area (Å²) in [7, 11) is 0. The Balaban J connectivity index is 2.54. The molecule has 2 heterocycles. The number of rotatable bonds is 2. The molecule has 0 saturated heterocycles. The number of hydrazine groups is 1. The molecule has 84 valence electrons. The van der Waals surface area contributed by atoms with Gasteiger partial charge in [0.05, 0.1) is 16.4 Å². The smallest absolute Gasteiger partial charge is 0.159 e. The summed E-state index contributed by atoms with van der Waals surface area (Å²) in [5.74, 6) is 6.42. The van der Waals surface area contributed by atoms with Crippen molar-refractivity contribution in [3.8, 4) is 5.82 Å². The highest BCUT2D eigenvalue weighted by Crippen LogP contribution is 2.21. The Morgan fingerprint density at radius 3 is 2.69 bits per heavy atom. The quantitative estimate of drug-likeness (QED) is 0.607. The molecule has 0 bridgehead atoms. The Hall–Kier alpha value is -1.66. The molecule has 0 radical (unpaired) electrons. The van der Waals surface area contributed by atoms with Crippen molar-refractivity contribution in [1.82, 2.24) is 19.7 Å². The van der Waals surface area contributed by atoms with E-state index in [4.69, 9.17) is 17.4 Å². The average molecular weight is 239 g/mol. The summed E-state index contributed by atoms with van der Waals surface area (Å²) in [4.78, 5) is 8.03. The number of nitrogens with one attached hydrogen (secondary N) is 1. The molecule has 0 aliphatic heterocycles. The van der Waals surface area contributed by atoms with E-state index in [-0.39, 0.29) is 0 Å². The molecule has 0 unspecified atom stereocenters. The van der Waals surface area contributed by atoms with Gasteiger partial charge in [0.1, 0.15) is 12.1 Å². The van der Waals surface area contributed by atoms with Crippen LogP contribution in [-0.4, -0.2) is 19.7 Å². The lowest BCUT2D eigenvalue weighted by atomic mass is 10.4. The van der Waals surface area contributed by atoms with Crippen LogP contribution in [0.3, 0.4) is 0 Å². The standard InChI is InChI=1S/C9H11ClN6/c1-5-9(10)6(2)16(15-5)8-3-7(14-11)12-4-13-8/h3-4H,11H2,1-2H3,(H,12,13,14). The average Bonchev–Trinajstić information content (AvgIpc) is 2.57. The molecular weight excluding hydrogens is 228 g/mol. The van der Waals surface area contributed by atoms with Crippen LogP contribution in [0.2, 0.25) is 5.02 Å². The van der Waals surface area contributed by atoms with Crippen LogP contribution < -0.4 is 11.3 Å². The Labute approximate surface area is 97.4 Å². The third kappa shape index (κ3) is 1.72. The minimum atomic E-state index is 0.522. The highest BCUT2D eigenvalue weighted by molar-refractivity contribution is 6.31. The zero-order valence-electron chi connectivity index (χ0n) is 8.90. The highest BCUT2D eigenvalue weighted by atomic mass is 35.5. The zero-order chi connectivity index (χ0) is 11.7. The number of anilines is 1. The Morgan fingerprint density at radius 1 is 1.38 bits per heavy atom. The lowest BCUT2D eigenvalue weighted by Gasteiger charge is -2.04. The molecule has 2 aromatic rings. The molecule has 0 spiro atoms. The van der Waals surface area contributed by atoms with Crippen LogP contribution in [0.15, 0.2) is 12.4 Å². The van der Waals surface area contributed by atoms with Gasteiger partial charge >= 0.3 is 0 Å². The van der Waals surface area contributed by atoms with E-state index in [1.165, 1.54) is 6.33 Å². The van der Waals surface area contributed by atoms with E-state index < -0.39 is 0 Å². The molecule has 16 heavy (non-hydrogen) atoms. The van der Waals surface area contributed by atoms with Crippen LogP contribution in [0.1, 0.15) is 11.4 Å². The fraction of sp³-hybridized carbons (Fsp3) is 0.222. The molecule has 0 aliphatic rings. The molecule has 0 aromatic carbocycles. The molecule has 0 atom stereocenters. The van der Waals surface area contributed by atoms with E-state index in [2.05, 4.69) is 20.5 Å². The third-order valence-corrected chi connectivity index (χ3v) is 2.77. The maximum Gasteiger partial charge on any atom is 0.159 e. The van der Waals surface area contributed by atoms with Gasteiger partial charge in [0.2, 0.25) is 0 Å². The predicted octanol–water partition coefficient (Wildman–Crippen LogP) is 1.22. The van der Waals surface area contributed by atoms with Gasteiger partial charge < -0.3 is 5.43 Å². The van der Waals surface area contributed by atoms with Gasteiger partial charge in [-0.3, -0.25) is 0 Å². The van der Waals surface area contributed by atoms with Crippen LogP contribution in [-0.2, 0) is 0 Å². The normalized spacial score (nSPS) is 10.5.